The topological polar surface area (TPSA) is 26.3 Å². The third-order valence-electron chi connectivity index (χ3n) is 4.30. The van der Waals surface area contributed by atoms with E-state index in [1.54, 1.807) is 7.11 Å². The lowest BCUT2D eigenvalue weighted by atomic mass is 9.75. The van der Waals surface area contributed by atoms with Crippen molar-refractivity contribution < 1.29 is 9.53 Å². The summed E-state index contributed by atoms with van der Waals surface area (Å²) in [4.78, 5) is 12.4. The molecule has 0 aromatic carbocycles. The normalized spacial score (nSPS) is 31.2. The molecule has 1 aliphatic carbocycles. The molecule has 0 spiro atoms. The van der Waals surface area contributed by atoms with E-state index in [2.05, 4.69) is 20.8 Å². The quantitative estimate of drug-likeness (QED) is 0.702. The van der Waals surface area contributed by atoms with E-state index in [1.165, 1.54) is 0 Å². The van der Waals surface area contributed by atoms with Gasteiger partial charge < -0.3 is 4.74 Å². The molecule has 0 aliphatic heterocycles. The minimum atomic E-state index is -0.450. The Balaban J connectivity index is 2.57. The van der Waals surface area contributed by atoms with Gasteiger partial charge >= 0.3 is 0 Å². The third-order valence-corrected chi connectivity index (χ3v) is 4.30. The van der Waals surface area contributed by atoms with Crippen LogP contribution in [0.2, 0.25) is 0 Å². The van der Waals surface area contributed by atoms with Crippen molar-refractivity contribution in [2.45, 2.75) is 71.3 Å². The van der Waals surface area contributed by atoms with Gasteiger partial charge in [-0.3, -0.25) is 4.79 Å². The molecule has 0 heterocycles. The van der Waals surface area contributed by atoms with Crippen molar-refractivity contribution in [1.29, 1.82) is 0 Å². The number of ketones is 1. The van der Waals surface area contributed by atoms with E-state index in [4.69, 9.17) is 4.74 Å². The zero-order chi connectivity index (χ0) is 12.9. The third kappa shape index (κ3) is 3.80. The fraction of sp³-hybridized carbons (Fsp3) is 0.933. The second-order valence-corrected chi connectivity index (χ2v) is 5.90. The van der Waals surface area contributed by atoms with Crippen molar-refractivity contribution in [3.05, 3.63) is 0 Å². The van der Waals surface area contributed by atoms with Crippen LogP contribution in [-0.2, 0) is 9.53 Å². The summed E-state index contributed by atoms with van der Waals surface area (Å²) >= 11 is 0. The van der Waals surface area contributed by atoms with Crippen LogP contribution < -0.4 is 0 Å². The van der Waals surface area contributed by atoms with Crippen LogP contribution in [0.5, 0.6) is 0 Å². The number of carbonyl (C=O) groups excluding carboxylic acids is 1. The van der Waals surface area contributed by atoms with Crippen molar-refractivity contribution in [3.8, 4) is 0 Å². The molecule has 1 atom stereocenters. The van der Waals surface area contributed by atoms with Gasteiger partial charge in [-0.25, -0.2) is 0 Å². The minimum Gasteiger partial charge on any atom is -0.370 e. The van der Waals surface area contributed by atoms with Gasteiger partial charge in [-0.15, -0.1) is 0 Å². The van der Waals surface area contributed by atoms with Crippen molar-refractivity contribution in [2.75, 3.05) is 7.11 Å². The van der Waals surface area contributed by atoms with Crippen LogP contribution in [0.3, 0.4) is 0 Å². The van der Waals surface area contributed by atoms with Gasteiger partial charge in [-0.05, 0) is 37.5 Å². The Labute approximate surface area is 106 Å². The van der Waals surface area contributed by atoms with E-state index >= 15 is 0 Å². The molecule has 0 N–H and O–H groups in total. The van der Waals surface area contributed by atoms with Gasteiger partial charge in [0.2, 0.25) is 0 Å². The molecule has 1 unspecified atom stereocenters. The summed E-state index contributed by atoms with van der Waals surface area (Å²) in [5.41, 5.74) is -0.450. The summed E-state index contributed by atoms with van der Waals surface area (Å²) in [7, 11) is 1.71. The van der Waals surface area contributed by atoms with Gasteiger partial charge in [-0.1, -0.05) is 33.6 Å². The second-order valence-electron chi connectivity index (χ2n) is 5.90. The zero-order valence-electron chi connectivity index (χ0n) is 11.9. The molecule has 17 heavy (non-hydrogen) atoms. The Kier molecular flexibility index (Phi) is 5.64. The van der Waals surface area contributed by atoms with Crippen LogP contribution in [0.1, 0.15) is 65.7 Å². The molecule has 0 bridgehead atoms. The number of carbonyl (C=O) groups is 1. The Morgan fingerprint density at radius 1 is 1.41 bits per heavy atom. The number of hydrogen-bond acceptors (Lipinski definition) is 2. The molecule has 1 saturated carbocycles. The van der Waals surface area contributed by atoms with Crippen LogP contribution in [0.15, 0.2) is 0 Å². The maximum Gasteiger partial charge on any atom is 0.164 e. The van der Waals surface area contributed by atoms with E-state index in [0.717, 1.165) is 44.4 Å². The van der Waals surface area contributed by atoms with Gasteiger partial charge in [0.1, 0.15) is 5.60 Å². The van der Waals surface area contributed by atoms with Gasteiger partial charge in [0, 0.05) is 13.5 Å². The van der Waals surface area contributed by atoms with Crippen molar-refractivity contribution in [3.63, 3.8) is 0 Å². The fourth-order valence-electron chi connectivity index (χ4n) is 2.92. The fourth-order valence-corrected chi connectivity index (χ4v) is 2.92. The summed E-state index contributed by atoms with van der Waals surface area (Å²) < 4.78 is 5.62. The second kappa shape index (κ2) is 6.53. The smallest absolute Gasteiger partial charge is 0.164 e. The number of ether oxygens (including phenoxy) is 1. The van der Waals surface area contributed by atoms with Gasteiger partial charge in [0.05, 0.1) is 0 Å². The first-order valence-electron chi connectivity index (χ1n) is 7.12. The summed E-state index contributed by atoms with van der Waals surface area (Å²) in [6.45, 7) is 6.62. The molecule has 2 heteroatoms. The molecule has 0 aromatic rings. The molecule has 0 amide bonds. The molecule has 100 valence electrons. The molecule has 2 nitrogen and oxygen atoms in total. The van der Waals surface area contributed by atoms with Crippen LogP contribution in [0.4, 0.5) is 0 Å². The number of hydrogen-bond donors (Lipinski definition) is 0. The van der Waals surface area contributed by atoms with Crippen LogP contribution in [0, 0.1) is 11.8 Å². The minimum absolute atomic E-state index is 0.341. The highest BCUT2D eigenvalue weighted by atomic mass is 16.5. The highest BCUT2D eigenvalue weighted by Crippen LogP contribution is 2.36. The first-order chi connectivity index (χ1) is 8.04. The van der Waals surface area contributed by atoms with E-state index in [-0.39, 0.29) is 0 Å². The molecule has 0 saturated heterocycles. The lowest BCUT2D eigenvalue weighted by molar-refractivity contribution is -0.147. The lowest BCUT2D eigenvalue weighted by Gasteiger charge is -2.37. The standard InChI is InChI=1S/C15H28O2/c1-5-6-13(3)11-14(16)15(17-4)9-7-12(2)8-10-15/h12-13H,5-11H2,1-4H3. The maximum atomic E-state index is 12.4. The summed E-state index contributed by atoms with van der Waals surface area (Å²) in [5, 5.41) is 0. The molecular weight excluding hydrogens is 212 g/mol. The average Bonchev–Trinajstić information content (AvgIpc) is 2.30. The van der Waals surface area contributed by atoms with Crippen LogP contribution in [-0.4, -0.2) is 18.5 Å². The number of Topliss-reactive ketones (excluding diaryl/α,β-unsaturated/α-hetero) is 1. The highest BCUT2D eigenvalue weighted by Gasteiger charge is 2.40. The monoisotopic (exact) mass is 240 g/mol. The molecule has 1 fully saturated rings. The first-order valence-corrected chi connectivity index (χ1v) is 7.12. The average molecular weight is 240 g/mol. The lowest BCUT2D eigenvalue weighted by Crippen LogP contribution is -2.44. The highest BCUT2D eigenvalue weighted by molar-refractivity contribution is 5.87. The van der Waals surface area contributed by atoms with Gasteiger partial charge in [0.15, 0.2) is 5.78 Å². The Morgan fingerprint density at radius 3 is 2.47 bits per heavy atom. The van der Waals surface area contributed by atoms with Crippen molar-refractivity contribution in [1.82, 2.24) is 0 Å². The van der Waals surface area contributed by atoms with Crippen LogP contribution in [0.25, 0.3) is 0 Å². The largest absolute Gasteiger partial charge is 0.370 e. The number of methoxy groups -OCH3 is 1. The first kappa shape index (κ1) is 14.7. The zero-order valence-corrected chi connectivity index (χ0v) is 11.9. The van der Waals surface area contributed by atoms with E-state index in [1.807, 2.05) is 0 Å². The van der Waals surface area contributed by atoms with Crippen molar-refractivity contribution >= 4 is 5.78 Å². The Bertz CT molecular complexity index is 239. The molecule has 0 aromatic heterocycles. The summed E-state index contributed by atoms with van der Waals surface area (Å²) in [6, 6.07) is 0. The number of rotatable bonds is 6. The molecule has 1 rings (SSSR count). The van der Waals surface area contributed by atoms with Gasteiger partial charge in [-0.2, -0.15) is 0 Å². The Hall–Kier alpha value is -0.370. The SMILES string of the molecule is CCCC(C)CC(=O)C1(OC)CCC(C)CC1. The maximum absolute atomic E-state index is 12.4. The molecule has 1 aliphatic rings. The molecular formula is C15H28O2. The van der Waals surface area contributed by atoms with E-state index < -0.39 is 5.60 Å². The summed E-state index contributed by atoms with van der Waals surface area (Å²) in [5.74, 6) is 1.59. The van der Waals surface area contributed by atoms with Gasteiger partial charge in [0.25, 0.3) is 0 Å². The summed E-state index contributed by atoms with van der Waals surface area (Å²) in [6.07, 6.45) is 7.08. The van der Waals surface area contributed by atoms with E-state index in [9.17, 15) is 4.79 Å². The Morgan fingerprint density at radius 2 is 2.00 bits per heavy atom. The van der Waals surface area contributed by atoms with E-state index in [0.29, 0.717) is 18.1 Å². The van der Waals surface area contributed by atoms with Crippen molar-refractivity contribution in [2.24, 2.45) is 11.8 Å². The predicted molar refractivity (Wildman–Crippen MR) is 71.1 cm³/mol. The predicted octanol–water partition coefficient (Wildman–Crippen LogP) is 3.98. The van der Waals surface area contributed by atoms with Crippen LogP contribution >= 0.6 is 0 Å². The molecule has 0 radical (unpaired) electrons.